The summed E-state index contributed by atoms with van der Waals surface area (Å²) >= 11 is 5.49. The molecule has 1 amide bonds. The molecule has 152 valence electrons. The lowest BCUT2D eigenvalue weighted by Gasteiger charge is -2.37. The van der Waals surface area contributed by atoms with E-state index in [2.05, 4.69) is 10.6 Å². The number of allylic oxidation sites excluding steroid dienone is 1. The smallest absolute Gasteiger partial charge is 0.338 e. The zero-order valence-electron chi connectivity index (χ0n) is 17.2. The molecule has 1 aromatic carbocycles. The van der Waals surface area contributed by atoms with E-state index in [0.29, 0.717) is 35.9 Å². The predicted octanol–water partition coefficient (Wildman–Crippen LogP) is 3.76. The summed E-state index contributed by atoms with van der Waals surface area (Å²) in [6, 6.07) is 7.03. The Labute approximate surface area is 172 Å². The predicted molar refractivity (Wildman–Crippen MR) is 115 cm³/mol. The number of rotatable bonds is 7. The van der Waals surface area contributed by atoms with Gasteiger partial charge in [0.1, 0.15) is 0 Å². The van der Waals surface area contributed by atoms with Crippen LogP contribution in [0.4, 0.5) is 5.69 Å². The minimum atomic E-state index is -0.434. The van der Waals surface area contributed by atoms with Gasteiger partial charge in [0.05, 0.1) is 18.2 Å². The highest BCUT2D eigenvalue weighted by molar-refractivity contribution is 7.80. The number of ether oxygens (including phenoxy) is 1. The third kappa shape index (κ3) is 5.10. The number of carbonyl (C=O) groups excluding carboxylic acids is 2. The molecule has 28 heavy (non-hydrogen) atoms. The largest absolute Gasteiger partial charge is 0.463 e. The van der Waals surface area contributed by atoms with Crippen molar-refractivity contribution in [3.05, 3.63) is 41.1 Å². The highest BCUT2D eigenvalue weighted by atomic mass is 32.1. The van der Waals surface area contributed by atoms with Crippen molar-refractivity contribution in [2.24, 2.45) is 5.92 Å². The standard InChI is InChI=1S/C21H29N3O3S/c1-6-24-14(5)18(20(26)27-7-2)19(23-21(24)28)15-9-8-10-16(12-15)22-17(25)11-13(3)4/h8-10,12-13,19H,6-7,11H2,1-5H3,(H,22,25)(H,23,28). The van der Waals surface area contributed by atoms with Crippen molar-refractivity contribution in [3.63, 3.8) is 0 Å². The molecule has 0 bridgehead atoms. The molecule has 0 spiro atoms. The van der Waals surface area contributed by atoms with E-state index in [1.165, 1.54) is 0 Å². The van der Waals surface area contributed by atoms with Crippen molar-refractivity contribution < 1.29 is 14.3 Å². The Morgan fingerprint density at radius 1 is 1.32 bits per heavy atom. The number of amides is 1. The second kappa shape index (κ2) is 9.68. The molecule has 1 aromatic rings. The highest BCUT2D eigenvalue weighted by Crippen LogP contribution is 2.32. The van der Waals surface area contributed by atoms with Gasteiger partial charge in [0.2, 0.25) is 5.91 Å². The van der Waals surface area contributed by atoms with E-state index in [0.717, 1.165) is 11.3 Å². The monoisotopic (exact) mass is 403 g/mol. The van der Waals surface area contributed by atoms with Crippen LogP contribution in [0.3, 0.4) is 0 Å². The van der Waals surface area contributed by atoms with Gasteiger partial charge in [-0.05, 0) is 56.6 Å². The maximum atomic E-state index is 12.7. The number of carbonyl (C=O) groups is 2. The summed E-state index contributed by atoms with van der Waals surface area (Å²) in [7, 11) is 0. The van der Waals surface area contributed by atoms with Gasteiger partial charge >= 0.3 is 5.97 Å². The average molecular weight is 404 g/mol. The van der Waals surface area contributed by atoms with Crippen molar-refractivity contribution in [3.8, 4) is 0 Å². The lowest BCUT2D eigenvalue weighted by Crippen LogP contribution is -2.47. The van der Waals surface area contributed by atoms with E-state index in [1.54, 1.807) is 6.92 Å². The third-order valence-electron chi connectivity index (χ3n) is 4.51. The number of esters is 1. The van der Waals surface area contributed by atoms with Gasteiger partial charge in [-0.3, -0.25) is 4.79 Å². The quantitative estimate of drug-likeness (QED) is 0.534. The molecule has 7 heteroatoms. The fraction of sp³-hybridized carbons (Fsp3) is 0.476. The van der Waals surface area contributed by atoms with E-state index >= 15 is 0 Å². The molecule has 1 aliphatic heterocycles. The summed E-state index contributed by atoms with van der Waals surface area (Å²) in [5.41, 5.74) is 2.84. The topological polar surface area (TPSA) is 70.7 Å². The molecule has 1 heterocycles. The lowest BCUT2D eigenvalue weighted by molar-refractivity contribution is -0.139. The number of hydrogen-bond acceptors (Lipinski definition) is 4. The number of benzene rings is 1. The molecule has 0 aliphatic carbocycles. The Morgan fingerprint density at radius 3 is 2.64 bits per heavy atom. The molecular formula is C21H29N3O3S. The molecule has 1 atom stereocenters. The fourth-order valence-corrected chi connectivity index (χ4v) is 3.65. The van der Waals surface area contributed by atoms with Crippen molar-refractivity contribution in [1.82, 2.24) is 10.2 Å². The van der Waals surface area contributed by atoms with E-state index in [9.17, 15) is 9.59 Å². The summed E-state index contributed by atoms with van der Waals surface area (Å²) in [6.45, 7) is 10.6. The average Bonchev–Trinajstić information content (AvgIpc) is 2.61. The maximum Gasteiger partial charge on any atom is 0.338 e. The molecule has 0 radical (unpaired) electrons. The van der Waals surface area contributed by atoms with Crippen LogP contribution >= 0.6 is 12.2 Å². The Bertz CT molecular complexity index is 789. The molecule has 1 unspecified atom stereocenters. The molecule has 0 saturated carbocycles. The van der Waals surface area contributed by atoms with E-state index in [-0.39, 0.29) is 17.8 Å². The van der Waals surface area contributed by atoms with Crippen molar-refractivity contribution in [1.29, 1.82) is 0 Å². The van der Waals surface area contributed by atoms with Gasteiger partial charge in [-0.1, -0.05) is 26.0 Å². The molecule has 2 N–H and O–H groups in total. The highest BCUT2D eigenvalue weighted by Gasteiger charge is 2.34. The van der Waals surface area contributed by atoms with Crippen molar-refractivity contribution >= 4 is 34.9 Å². The van der Waals surface area contributed by atoms with Crippen LogP contribution in [0.15, 0.2) is 35.5 Å². The van der Waals surface area contributed by atoms with Crippen LogP contribution in [-0.2, 0) is 14.3 Å². The van der Waals surface area contributed by atoms with Gasteiger partial charge < -0.3 is 20.3 Å². The zero-order valence-corrected chi connectivity index (χ0v) is 18.0. The van der Waals surface area contributed by atoms with E-state index < -0.39 is 6.04 Å². The van der Waals surface area contributed by atoms with Gasteiger partial charge in [-0.15, -0.1) is 0 Å². The Hall–Kier alpha value is -2.41. The Kier molecular flexibility index (Phi) is 7.57. The van der Waals surface area contributed by atoms with Gasteiger partial charge in [-0.25, -0.2) is 4.79 Å². The SMILES string of the molecule is CCOC(=O)C1=C(C)N(CC)C(=S)NC1c1cccc(NC(=O)CC(C)C)c1. The summed E-state index contributed by atoms with van der Waals surface area (Å²) < 4.78 is 5.29. The number of anilines is 1. The molecule has 2 rings (SSSR count). The first-order chi connectivity index (χ1) is 13.3. The normalized spacial score (nSPS) is 16.9. The molecule has 0 fully saturated rings. The molecule has 6 nitrogen and oxygen atoms in total. The Morgan fingerprint density at radius 2 is 2.04 bits per heavy atom. The van der Waals surface area contributed by atoms with Crippen molar-refractivity contribution in [2.75, 3.05) is 18.5 Å². The first-order valence-corrected chi connectivity index (χ1v) is 10.0. The first kappa shape index (κ1) is 21.9. The summed E-state index contributed by atoms with van der Waals surface area (Å²) in [6.07, 6.45) is 0.453. The second-order valence-corrected chi connectivity index (χ2v) is 7.50. The minimum absolute atomic E-state index is 0.0335. The van der Waals surface area contributed by atoms with Gasteiger partial charge in [0.15, 0.2) is 5.11 Å². The van der Waals surface area contributed by atoms with Gasteiger partial charge in [-0.2, -0.15) is 0 Å². The molecule has 0 aromatic heterocycles. The number of hydrogen-bond donors (Lipinski definition) is 2. The molecule has 0 saturated heterocycles. The summed E-state index contributed by atoms with van der Waals surface area (Å²) in [5.74, 6) is -0.122. The second-order valence-electron chi connectivity index (χ2n) is 7.12. The minimum Gasteiger partial charge on any atom is -0.463 e. The van der Waals surface area contributed by atoms with E-state index in [1.807, 2.05) is 56.9 Å². The fourth-order valence-electron chi connectivity index (χ4n) is 3.26. The Balaban J connectivity index is 2.39. The van der Waals surface area contributed by atoms with Gasteiger partial charge in [0.25, 0.3) is 0 Å². The van der Waals surface area contributed by atoms with Crippen LogP contribution in [0.1, 0.15) is 52.6 Å². The summed E-state index contributed by atoms with van der Waals surface area (Å²) in [5, 5.41) is 6.74. The number of nitrogens with one attached hydrogen (secondary N) is 2. The van der Waals surface area contributed by atoms with Crippen LogP contribution in [-0.4, -0.2) is 35.0 Å². The van der Waals surface area contributed by atoms with Crippen LogP contribution in [0.5, 0.6) is 0 Å². The van der Waals surface area contributed by atoms with Crippen molar-refractivity contribution in [2.45, 2.75) is 47.1 Å². The molecule has 1 aliphatic rings. The van der Waals surface area contributed by atoms with Crippen LogP contribution < -0.4 is 10.6 Å². The first-order valence-electron chi connectivity index (χ1n) is 9.64. The molecular weight excluding hydrogens is 374 g/mol. The van der Waals surface area contributed by atoms with E-state index in [4.69, 9.17) is 17.0 Å². The van der Waals surface area contributed by atoms with Crippen LogP contribution in [0.2, 0.25) is 0 Å². The maximum absolute atomic E-state index is 12.7. The summed E-state index contributed by atoms with van der Waals surface area (Å²) in [4.78, 5) is 26.7. The van der Waals surface area contributed by atoms with Gasteiger partial charge in [0, 0.05) is 24.4 Å². The lowest BCUT2D eigenvalue weighted by atomic mass is 9.94. The number of nitrogens with zero attached hydrogens (tertiary/aromatic N) is 1. The third-order valence-corrected chi connectivity index (χ3v) is 4.84. The van der Waals surface area contributed by atoms with Crippen LogP contribution in [0, 0.1) is 5.92 Å². The zero-order chi connectivity index (χ0) is 20.8. The number of thiocarbonyl (C=S) groups is 1. The van der Waals surface area contributed by atoms with Crippen LogP contribution in [0.25, 0.3) is 0 Å².